The van der Waals surface area contributed by atoms with Crippen LogP contribution in [0.3, 0.4) is 0 Å². The normalized spacial score (nSPS) is 10.7. The molecule has 0 saturated heterocycles. The lowest BCUT2D eigenvalue weighted by atomic mass is 10.2. The van der Waals surface area contributed by atoms with E-state index in [2.05, 4.69) is 9.97 Å². The van der Waals surface area contributed by atoms with Crippen LogP contribution in [0.15, 0.2) is 42.9 Å². The molecule has 3 aromatic heterocycles. The third-order valence-corrected chi connectivity index (χ3v) is 4.65. The molecule has 0 spiro atoms. The predicted octanol–water partition coefficient (Wildman–Crippen LogP) is 3.56. The molecule has 3 heterocycles. The Morgan fingerprint density at radius 2 is 2.13 bits per heavy atom. The van der Waals surface area contributed by atoms with Crippen molar-refractivity contribution in [2.75, 3.05) is 7.05 Å². The fraction of sp³-hybridized carbons (Fsp3) is 0.188. The molecule has 0 aliphatic heterocycles. The van der Waals surface area contributed by atoms with E-state index in [0.29, 0.717) is 12.2 Å². The molecule has 0 atom stereocenters. The summed E-state index contributed by atoms with van der Waals surface area (Å²) in [5.41, 5.74) is 1.27. The van der Waals surface area contributed by atoms with Gasteiger partial charge in [-0.1, -0.05) is 11.6 Å². The van der Waals surface area contributed by atoms with Gasteiger partial charge >= 0.3 is 0 Å². The number of rotatable bonds is 4. The van der Waals surface area contributed by atoms with E-state index >= 15 is 0 Å². The standard InChI is InChI=1S/C16H15ClN4OS/c1-11-18-7-8-21(11)12-5-6-19-14(9-12)16(22)20(2)10-13-3-4-15(17)23-13/h3-9H,10H2,1-2H3. The number of amides is 1. The van der Waals surface area contributed by atoms with Gasteiger partial charge in [0.25, 0.3) is 5.91 Å². The molecular weight excluding hydrogens is 332 g/mol. The summed E-state index contributed by atoms with van der Waals surface area (Å²) in [5, 5.41) is 0. The van der Waals surface area contributed by atoms with Crippen LogP contribution in [0.5, 0.6) is 0 Å². The van der Waals surface area contributed by atoms with Gasteiger partial charge in [0.05, 0.1) is 16.6 Å². The van der Waals surface area contributed by atoms with Crippen molar-refractivity contribution < 1.29 is 4.79 Å². The number of aryl methyl sites for hydroxylation is 1. The molecule has 0 N–H and O–H groups in total. The first-order valence-corrected chi connectivity index (χ1v) is 8.20. The number of nitrogens with zero attached hydrogens (tertiary/aromatic N) is 4. The Bertz CT molecular complexity index is 842. The van der Waals surface area contributed by atoms with Crippen molar-refractivity contribution in [2.45, 2.75) is 13.5 Å². The van der Waals surface area contributed by atoms with E-state index in [1.807, 2.05) is 35.9 Å². The molecule has 0 aliphatic carbocycles. The Morgan fingerprint density at radius 3 is 2.78 bits per heavy atom. The minimum absolute atomic E-state index is 0.130. The molecule has 3 rings (SSSR count). The first-order chi connectivity index (χ1) is 11.0. The van der Waals surface area contributed by atoms with Gasteiger partial charge < -0.3 is 9.47 Å². The minimum Gasteiger partial charge on any atom is -0.335 e. The highest BCUT2D eigenvalue weighted by molar-refractivity contribution is 7.16. The summed E-state index contributed by atoms with van der Waals surface area (Å²) in [6.07, 6.45) is 5.22. The Hall–Kier alpha value is -2.18. The van der Waals surface area contributed by atoms with E-state index in [0.717, 1.165) is 20.7 Å². The molecule has 0 saturated carbocycles. The molecule has 0 unspecified atom stereocenters. The highest BCUT2D eigenvalue weighted by atomic mass is 35.5. The second-order valence-electron chi connectivity index (χ2n) is 5.11. The number of carbonyl (C=O) groups is 1. The van der Waals surface area contributed by atoms with Gasteiger partial charge in [0.1, 0.15) is 11.5 Å². The average molecular weight is 347 g/mol. The van der Waals surface area contributed by atoms with E-state index in [9.17, 15) is 4.79 Å². The number of aromatic nitrogens is 3. The SMILES string of the molecule is Cc1nccn1-c1ccnc(C(=O)N(C)Cc2ccc(Cl)s2)c1. The average Bonchev–Trinajstić information content (AvgIpc) is 3.15. The maximum absolute atomic E-state index is 12.6. The van der Waals surface area contributed by atoms with Crippen LogP contribution in [-0.4, -0.2) is 32.4 Å². The van der Waals surface area contributed by atoms with Crippen molar-refractivity contribution in [3.05, 3.63) is 63.6 Å². The second kappa shape index (κ2) is 6.52. The molecule has 0 aromatic carbocycles. The summed E-state index contributed by atoms with van der Waals surface area (Å²) < 4.78 is 2.63. The van der Waals surface area contributed by atoms with Gasteiger partial charge in [0.15, 0.2) is 0 Å². The summed E-state index contributed by atoms with van der Waals surface area (Å²) in [7, 11) is 1.76. The Kier molecular flexibility index (Phi) is 4.45. The number of pyridine rings is 1. The molecule has 0 bridgehead atoms. The Balaban J connectivity index is 1.81. The fourth-order valence-electron chi connectivity index (χ4n) is 2.27. The van der Waals surface area contributed by atoms with Crippen LogP contribution < -0.4 is 0 Å². The first-order valence-electron chi connectivity index (χ1n) is 7.00. The second-order valence-corrected chi connectivity index (χ2v) is 6.91. The molecule has 118 valence electrons. The number of halogens is 1. The quantitative estimate of drug-likeness (QED) is 0.725. The molecule has 5 nitrogen and oxygen atoms in total. The molecular formula is C16H15ClN4OS. The lowest BCUT2D eigenvalue weighted by Crippen LogP contribution is -2.26. The van der Waals surface area contributed by atoms with Gasteiger partial charge in [-0.3, -0.25) is 9.78 Å². The summed E-state index contributed by atoms with van der Waals surface area (Å²) in [4.78, 5) is 23.6. The predicted molar refractivity (Wildman–Crippen MR) is 91.2 cm³/mol. The van der Waals surface area contributed by atoms with E-state index in [-0.39, 0.29) is 5.91 Å². The molecule has 0 fully saturated rings. The minimum atomic E-state index is -0.130. The molecule has 0 radical (unpaired) electrons. The van der Waals surface area contributed by atoms with Crippen molar-refractivity contribution >= 4 is 28.8 Å². The fourth-order valence-corrected chi connectivity index (χ4v) is 3.42. The number of thiophene rings is 1. The largest absolute Gasteiger partial charge is 0.335 e. The van der Waals surface area contributed by atoms with Crippen molar-refractivity contribution in [1.82, 2.24) is 19.4 Å². The van der Waals surface area contributed by atoms with Crippen LogP contribution >= 0.6 is 22.9 Å². The van der Waals surface area contributed by atoms with E-state index in [4.69, 9.17) is 11.6 Å². The van der Waals surface area contributed by atoms with E-state index in [1.54, 1.807) is 30.4 Å². The van der Waals surface area contributed by atoms with Crippen LogP contribution in [0.4, 0.5) is 0 Å². The summed E-state index contributed by atoms with van der Waals surface area (Å²) in [5.74, 6) is 0.727. The molecule has 0 aliphatic rings. The maximum Gasteiger partial charge on any atom is 0.272 e. The third kappa shape index (κ3) is 3.43. The van der Waals surface area contributed by atoms with Crippen LogP contribution in [-0.2, 0) is 6.54 Å². The van der Waals surface area contributed by atoms with E-state index < -0.39 is 0 Å². The van der Waals surface area contributed by atoms with Crippen molar-refractivity contribution in [3.63, 3.8) is 0 Å². The Morgan fingerprint density at radius 1 is 1.30 bits per heavy atom. The topological polar surface area (TPSA) is 51.0 Å². The molecule has 7 heteroatoms. The zero-order valence-corrected chi connectivity index (χ0v) is 14.3. The van der Waals surface area contributed by atoms with Gasteiger partial charge in [-0.15, -0.1) is 11.3 Å². The van der Waals surface area contributed by atoms with Crippen LogP contribution in [0.1, 0.15) is 21.2 Å². The van der Waals surface area contributed by atoms with Gasteiger partial charge in [-0.2, -0.15) is 0 Å². The van der Waals surface area contributed by atoms with E-state index in [1.165, 1.54) is 11.3 Å². The van der Waals surface area contributed by atoms with Gasteiger partial charge in [-0.25, -0.2) is 4.98 Å². The zero-order valence-electron chi connectivity index (χ0n) is 12.7. The summed E-state index contributed by atoms with van der Waals surface area (Å²) in [6, 6.07) is 7.38. The maximum atomic E-state index is 12.6. The molecule has 1 amide bonds. The van der Waals surface area contributed by atoms with Gasteiger partial charge in [0, 0.05) is 30.5 Å². The highest BCUT2D eigenvalue weighted by Gasteiger charge is 2.15. The zero-order chi connectivity index (χ0) is 16.4. The van der Waals surface area contributed by atoms with Crippen molar-refractivity contribution in [1.29, 1.82) is 0 Å². The molecule has 3 aromatic rings. The molecule has 23 heavy (non-hydrogen) atoms. The monoisotopic (exact) mass is 346 g/mol. The lowest BCUT2D eigenvalue weighted by Gasteiger charge is -2.16. The summed E-state index contributed by atoms with van der Waals surface area (Å²) >= 11 is 7.40. The number of hydrogen-bond donors (Lipinski definition) is 0. The van der Waals surface area contributed by atoms with Crippen LogP contribution in [0, 0.1) is 6.92 Å². The number of imidazole rings is 1. The van der Waals surface area contributed by atoms with Crippen LogP contribution in [0.2, 0.25) is 4.34 Å². The number of carbonyl (C=O) groups excluding carboxylic acids is 1. The number of hydrogen-bond acceptors (Lipinski definition) is 4. The highest BCUT2D eigenvalue weighted by Crippen LogP contribution is 2.23. The first kappa shape index (κ1) is 15.7. The van der Waals surface area contributed by atoms with Crippen molar-refractivity contribution in [2.24, 2.45) is 0 Å². The van der Waals surface area contributed by atoms with Crippen molar-refractivity contribution in [3.8, 4) is 5.69 Å². The lowest BCUT2D eigenvalue weighted by molar-refractivity contribution is 0.0780. The Labute approximate surface area is 143 Å². The van der Waals surface area contributed by atoms with Gasteiger partial charge in [0.2, 0.25) is 0 Å². The smallest absolute Gasteiger partial charge is 0.272 e. The third-order valence-electron chi connectivity index (χ3n) is 3.44. The van der Waals surface area contributed by atoms with Gasteiger partial charge in [-0.05, 0) is 31.2 Å². The summed E-state index contributed by atoms with van der Waals surface area (Å²) in [6.45, 7) is 2.42. The van der Waals surface area contributed by atoms with Crippen LogP contribution in [0.25, 0.3) is 5.69 Å².